The van der Waals surface area contributed by atoms with Gasteiger partial charge in [0, 0.05) is 4.47 Å². The van der Waals surface area contributed by atoms with Crippen molar-refractivity contribution in [2.24, 2.45) is 0 Å². The van der Waals surface area contributed by atoms with Crippen LogP contribution in [0.1, 0.15) is 18.9 Å². The van der Waals surface area contributed by atoms with Crippen LogP contribution in [0, 0.1) is 0 Å². The first kappa shape index (κ1) is 10.7. The number of nitrogens with one attached hydrogen (secondary N) is 1. The van der Waals surface area contributed by atoms with Gasteiger partial charge in [0.25, 0.3) is 0 Å². The Balaban J connectivity index is 2.28. The van der Waals surface area contributed by atoms with Crippen molar-refractivity contribution in [2.45, 2.75) is 19.8 Å². The lowest BCUT2D eigenvalue weighted by Gasteiger charge is -2.03. The molecule has 0 saturated heterocycles. The molecular weight excluding hydrogens is 226 g/mol. The average Bonchev–Trinajstić information content (AvgIpc) is 2.13. The summed E-state index contributed by atoms with van der Waals surface area (Å²) in [5, 5.41) is 3.39. The Kier molecular flexibility index (Phi) is 5.09. The molecule has 1 rings (SSSR count). The van der Waals surface area contributed by atoms with Gasteiger partial charge >= 0.3 is 0 Å². The molecule has 72 valence electrons. The van der Waals surface area contributed by atoms with Crippen molar-refractivity contribution in [2.75, 3.05) is 13.1 Å². The van der Waals surface area contributed by atoms with E-state index >= 15 is 0 Å². The van der Waals surface area contributed by atoms with Crippen LogP contribution in [0.5, 0.6) is 0 Å². The van der Waals surface area contributed by atoms with Crippen molar-refractivity contribution in [1.82, 2.24) is 5.32 Å². The normalized spacial score (nSPS) is 10.3. The summed E-state index contributed by atoms with van der Waals surface area (Å²) in [6, 6.07) is 8.48. The van der Waals surface area contributed by atoms with E-state index in [1.54, 1.807) is 0 Å². The Morgan fingerprint density at radius 1 is 1.31 bits per heavy atom. The minimum absolute atomic E-state index is 1.07. The number of benzene rings is 1. The zero-order valence-corrected chi connectivity index (χ0v) is 9.60. The third-order valence-corrected chi connectivity index (χ3v) is 2.40. The maximum Gasteiger partial charge on any atom is 0.0178 e. The topological polar surface area (TPSA) is 12.0 Å². The molecule has 0 aliphatic carbocycles. The molecule has 1 N–H and O–H groups in total. The van der Waals surface area contributed by atoms with Gasteiger partial charge in [-0.3, -0.25) is 0 Å². The number of halogens is 1. The van der Waals surface area contributed by atoms with Crippen molar-refractivity contribution in [1.29, 1.82) is 0 Å². The highest BCUT2D eigenvalue weighted by Gasteiger charge is 1.92. The quantitative estimate of drug-likeness (QED) is 0.782. The number of hydrogen-bond acceptors (Lipinski definition) is 1. The largest absolute Gasteiger partial charge is 0.316 e. The molecule has 13 heavy (non-hydrogen) atoms. The van der Waals surface area contributed by atoms with Crippen molar-refractivity contribution in [3.8, 4) is 0 Å². The third kappa shape index (κ3) is 4.44. The smallest absolute Gasteiger partial charge is 0.0178 e. The molecule has 0 heterocycles. The molecule has 0 bridgehead atoms. The van der Waals surface area contributed by atoms with Crippen LogP contribution in [0.25, 0.3) is 0 Å². The fourth-order valence-electron chi connectivity index (χ4n) is 1.23. The highest BCUT2D eigenvalue weighted by atomic mass is 79.9. The van der Waals surface area contributed by atoms with Crippen molar-refractivity contribution in [3.05, 3.63) is 34.3 Å². The number of rotatable bonds is 5. The maximum atomic E-state index is 3.46. The summed E-state index contributed by atoms with van der Waals surface area (Å²) in [7, 11) is 0. The van der Waals surface area contributed by atoms with Crippen LogP contribution < -0.4 is 5.32 Å². The van der Waals surface area contributed by atoms with Crippen molar-refractivity contribution in [3.63, 3.8) is 0 Å². The van der Waals surface area contributed by atoms with Gasteiger partial charge in [-0.1, -0.05) is 35.0 Å². The predicted octanol–water partition coefficient (Wildman–Crippen LogP) is 2.99. The first-order chi connectivity index (χ1) is 6.33. The van der Waals surface area contributed by atoms with Gasteiger partial charge in [-0.2, -0.15) is 0 Å². The van der Waals surface area contributed by atoms with Crippen LogP contribution in [0.3, 0.4) is 0 Å². The Hall–Kier alpha value is -0.340. The van der Waals surface area contributed by atoms with E-state index in [1.165, 1.54) is 16.5 Å². The van der Waals surface area contributed by atoms with Crippen LogP contribution >= 0.6 is 15.9 Å². The minimum Gasteiger partial charge on any atom is -0.316 e. The zero-order valence-electron chi connectivity index (χ0n) is 8.02. The van der Waals surface area contributed by atoms with Gasteiger partial charge in [0.05, 0.1) is 0 Å². The van der Waals surface area contributed by atoms with Crippen LogP contribution in [-0.2, 0) is 6.42 Å². The Labute approximate surface area is 88.7 Å². The molecule has 0 aliphatic heterocycles. The molecule has 0 amide bonds. The second kappa shape index (κ2) is 6.17. The molecule has 1 nitrogen and oxygen atoms in total. The Morgan fingerprint density at radius 3 is 2.85 bits per heavy atom. The highest BCUT2D eigenvalue weighted by molar-refractivity contribution is 9.10. The van der Waals surface area contributed by atoms with Crippen molar-refractivity contribution >= 4 is 15.9 Å². The van der Waals surface area contributed by atoms with E-state index in [0.717, 1.165) is 19.5 Å². The van der Waals surface area contributed by atoms with Gasteiger partial charge in [-0.25, -0.2) is 0 Å². The summed E-state index contributed by atoms with van der Waals surface area (Å²) in [6.45, 7) is 4.38. The predicted molar refractivity (Wildman–Crippen MR) is 61.0 cm³/mol. The van der Waals surface area contributed by atoms with Gasteiger partial charge < -0.3 is 5.32 Å². The first-order valence-corrected chi connectivity index (χ1v) is 5.57. The van der Waals surface area contributed by atoms with E-state index in [-0.39, 0.29) is 0 Å². The SMILES string of the molecule is CCCNCCc1cccc(Br)c1. The van der Waals surface area contributed by atoms with Gasteiger partial charge in [0.15, 0.2) is 0 Å². The molecule has 0 aromatic heterocycles. The molecule has 0 aliphatic rings. The standard InChI is InChI=1S/C11H16BrN/c1-2-7-13-8-6-10-4-3-5-11(12)9-10/h3-5,9,13H,2,6-8H2,1H3. The van der Waals surface area contributed by atoms with Crippen LogP contribution in [0.2, 0.25) is 0 Å². The van der Waals surface area contributed by atoms with E-state index in [0.29, 0.717) is 0 Å². The van der Waals surface area contributed by atoms with E-state index in [2.05, 4.69) is 52.4 Å². The van der Waals surface area contributed by atoms with Crippen molar-refractivity contribution < 1.29 is 0 Å². The second-order valence-electron chi connectivity index (χ2n) is 3.13. The number of hydrogen-bond donors (Lipinski definition) is 1. The average molecular weight is 242 g/mol. The highest BCUT2D eigenvalue weighted by Crippen LogP contribution is 2.11. The molecule has 0 spiro atoms. The summed E-state index contributed by atoms with van der Waals surface area (Å²) in [6.07, 6.45) is 2.32. The molecule has 0 unspecified atom stereocenters. The Bertz CT molecular complexity index is 248. The van der Waals surface area contributed by atoms with Gasteiger partial charge in [-0.15, -0.1) is 0 Å². The molecule has 0 fully saturated rings. The van der Waals surface area contributed by atoms with Gasteiger partial charge in [0.2, 0.25) is 0 Å². The molecular formula is C11H16BrN. The minimum atomic E-state index is 1.07. The third-order valence-electron chi connectivity index (χ3n) is 1.91. The lowest BCUT2D eigenvalue weighted by atomic mass is 10.1. The van der Waals surface area contributed by atoms with Crippen LogP contribution in [-0.4, -0.2) is 13.1 Å². The molecule has 1 aromatic rings. The zero-order chi connectivity index (χ0) is 9.52. The van der Waals surface area contributed by atoms with E-state index in [4.69, 9.17) is 0 Å². The molecule has 1 aromatic carbocycles. The molecule has 0 atom stereocenters. The summed E-state index contributed by atoms with van der Waals surface area (Å²) in [5.41, 5.74) is 1.39. The lowest BCUT2D eigenvalue weighted by Crippen LogP contribution is -2.17. The first-order valence-electron chi connectivity index (χ1n) is 4.78. The monoisotopic (exact) mass is 241 g/mol. The van der Waals surface area contributed by atoms with E-state index < -0.39 is 0 Å². The maximum absolute atomic E-state index is 3.46. The summed E-state index contributed by atoms with van der Waals surface area (Å²) < 4.78 is 1.17. The van der Waals surface area contributed by atoms with Crippen LogP contribution in [0.4, 0.5) is 0 Å². The fourth-order valence-corrected chi connectivity index (χ4v) is 1.67. The molecule has 0 saturated carbocycles. The Morgan fingerprint density at radius 2 is 2.15 bits per heavy atom. The summed E-state index contributed by atoms with van der Waals surface area (Å²) in [5.74, 6) is 0. The van der Waals surface area contributed by atoms with Gasteiger partial charge in [0.1, 0.15) is 0 Å². The lowest BCUT2D eigenvalue weighted by molar-refractivity contribution is 0.671. The van der Waals surface area contributed by atoms with Gasteiger partial charge in [-0.05, 0) is 43.6 Å². The van der Waals surface area contributed by atoms with E-state index in [9.17, 15) is 0 Å². The summed E-state index contributed by atoms with van der Waals surface area (Å²) >= 11 is 3.46. The molecule has 2 heteroatoms. The second-order valence-corrected chi connectivity index (χ2v) is 4.05. The fraction of sp³-hybridized carbons (Fsp3) is 0.455. The van der Waals surface area contributed by atoms with E-state index in [1.807, 2.05) is 0 Å². The summed E-state index contributed by atoms with van der Waals surface area (Å²) in [4.78, 5) is 0. The van der Waals surface area contributed by atoms with Crippen LogP contribution in [0.15, 0.2) is 28.7 Å². The molecule has 0 radical (unpaired) electrons.